The molecule has 0 N–H and O–H groups in total. The van der Waals surface area contributed by atoms with Gasteiger partial charge in [-0.1, -0.05) is 42.5 Å². The molecule has 1 aliphatic rings. The van der Waals surface area contributed by atoms with Crippen LogP contribution in [0.2, 0.25) is 0 Å². The lowest BCUT2D eigenvalue weighted by atomic mass is 9.97. The maximum absolute atomic E-state index is 13.0. The van der Waals surface area contributed by atoms with E-state index in [4.69, 9.17) is 0 Å². The largest absolute Gasteiger partial charge is 0.417 e. The number of rotatable bonds is 2. The van der Waals surface area contributed by atoms with Crippen LogP contribution in [0.4, 0.5) is 13.2 Å². The first-order valence-electron chi connectivity index (χ1n) is 6.32. The second-order valence-electron chi connectivity index (χ2n) is 4.94. The van der Waals surface area contributed by atoms with Crippen LogP contribution in [-0.4, -0.2) is 0 Å². The number of benzene rings is 2. The first-order chi connectivity index (χ1) is 9.05. The van der Waals surface area contributed by atoms with Crippen molar-refractivity contribution in [3.05, 3.63) is 59.7 Å². The number of alkyl halides is 3. The molecular weight excluding hydrogens is 249 g/mol. The highest BCUT2D eigenvalue weighted by atomic mass is 19.4. The van der Waals surface area contributed by atoms with E-state index in [0.717, 1.165) is 6.07 Å². The zero-order valence-electron chi connectivity index (χ0n) is 10.2. The molecule has 0 aliphatic heterocycles. The van der Waals surface area contributed by atoms with E-state index in [1.54, 1.807) is 18.2 Å². The molecule has 0 bridgehead atoms. The summed E-state index contributed by atoms with van der Waals surface area (Å²) < 4.78 is 38.9. The van der Waals surface area contributed by atoms with Crippen molar-refractivity contribution in [3.63, 3.8) is 0 Å². The average Bonchev–Trinajstić information content (AvgIpc) is 3.22. The fourth-order valence-electron chi connectivity index (χ4n) is 2.33. The lowest BCUT2D eigenvalue weighted by Crippen LogP contribution is -2.06. The summed E-state index contributed by atoms with van der Waals surface area (Å²) >= 11 is 0. The SMILES string of the molecule is FC(F)(F)c1ccccc1-c1ccc(C2CC2)cc1. The molecule has 0 saturated heterocycles. The number of hydrogen-bond acceptors (Lipinski definition) is 0. The molecule has 19 heavy (non-hydrogen) atoms. The molecular formula is C16H13F3. The molecule has 1 aliphatic carbocycles. The minimum Gasteiger partial charge on any atom is -0.166 e. The third-order valence-corrected chi connectivity index (χ3v) is 3.50. The van der Waals surface area contributed by atoms with Crippen molar-refractivity contribution in [2.75, 3.05) is 0 Å². The van der Waals surface area contributed by atoms with Crippen molar-refractivity contribution >= 4 is 0 Å². The van der Waals surface area contributed by atoms with Crippen molar-refractivity contribution in [2.24, 2.45) is 0 Å². The van der Waals surface area contributed by atoms with E-state index in [2.05, 4.69) is 0 Å². The van der Waals surface area contributed by atoms with Crippen LogP contribution in [0.3, 0.4) is 0 Å². The van der Waals surface area contributed by atoms with E-state index in [-0.39, 0.29) is 5.56 Å². The predicted molar refractivity (Wildman–Crippen MR) is 68.9 cm³/mol. The zero-order valence-corrected chi connectivity index (χ0v) is 10.2. The Morgan fingerprint density at radius 3 is 2.05 bits per heavy atom. The van der Waals surface area contributed by atoms with Crippen LogP contribution < -0.4 is 0 Å². The van der Waals surface area contributed by atoms with Gasteiger partial charge in [0.15, 0.2) is 0 Å². The van der Waals surface area contributed by atoms with Gasteiger partial charge in [-0.15, -0.1) is 0 Å². The van der Waals surface area contributed by atoms with E-state index < -0.39 is 11.7 Å². The molecule has 2 aromatic rings. The van der Waals surface area contributed by atoms with Crippen LogP contribution in [0.15, 0.2) is 48.5 Å². The van der Waals surface area contributed by atoms with E-state index in [1.807, 2.05) is 12.1 Å². The van der Waals surface area contributed by atoms with Crippen molar-refractivity contribution in [3.8, 4) is 11.1 Å². The van der Waals surface area contributed by atoms with Gasteiger partial charge in [0.25, 0.3) is 0 Å². The molecule has 0 spiro atoms. The third kappa shape index (κ3) is 2.50. The zero-order chi connectivity index (χ0) is 13.5. The molecule has 3 heteroatoms. The Kier molecular flexibility index (Phi) is 2.85. The van der Waals surface area contributed by atoms with Crippen molar-refractivity contribution < 1.29 is 13.2 Å². The highest BCUT2D eigenvalue weighted by Crippen LogP contribution is 2.41. The normalized spacial score (nSPS) is 15.5. The van der Waals surface area contributed by atoms with Crippen LogP contribution in [-0.2, 0) is 6.18 Å². The van der Waals surface area contributed by atoms with Crippen LogP contribution in [0.1, 0.15) is 29.9 Å². The lowest BCUT2D eigenvalue weighted by Gasteiger charge is -2.13. The van der Waals surface area contributed by atoms with E-state index in [1.165, 1.54) is 30.5 Å². The molecule has 0 aromatic heterocycles. The second-order valence-corrected chi connectivity index (χ2v) is 4.94. The van der Waals surface area contributed by atoms with E-state index in [9.17, 15) is 13.2 Å². The van der Waals surface area contributed by atoms with Gasteiger partial charge >= 0.3 is 6.18 Å². The standard InChI is InChI=1S/C16H13F3/c17-16(18,19)15-4-2-1-3-14(15)13-9-7-12(8-10-13)11-5-6-11/h1-4,7-11H,5-6H2. The minimum atomic E-state index is -4.31. The summed E-state index contributed by atoms with van der Waals surface area (Å²) in [5.41, 5.74) is 1.53. The van der Waals surface area contributed by atoms with Gasteiger partial charge in [0.2, 0.25) is 0 Å². The molecule has 98 valence electrons. The maximum atomic E-state index is 13.0. The van der Waals surface area contributed by atoms with Crippen LogP contribution in [0.25, 0.3) is 11.1 Å². The smallest absolute Gasteiger partial charge is 0.166 e. The Morgan fingerprint density at radius 1 is 0.842 bits per heavy atom. The van der Waals surface area contributed by atoms with E-state index in [0.29, 0.717) is 11.5 Å². The van der Waals surface area contributed by atoms with Crippen LogP contribution in [0, 0.1) is 0 Å². The van der Waals surface area contributed by atoms with Gasteiger partial charge in [-0.2, -0.15) is 13.2 Å². The fourth-order valence-corrected chi connectivity index (χ4v) is 2.33. The second kappa shape index (κ2) is 4.41. The average molecular weight is 262 g/mol. The molecule has 0 heterocycles. The highest BCUT2D eigenvalue weighted by molar-refractivity contribution is 5.68. The van der Waals surface area contributed by atoms with Crippen molar-refractivity contribution in [1.82, 2.24) is 0 Å². The molecule has 0 nitrogen and oxygen atoms in total. The Morgan fingerprint density at radius 2 is 1.47 bits per heavy atom. The summed E-state index contributed by atoms with van der Waals surface area (Å²) in [4.78, 5) is 0. The summed E-state index contributed by atoms with van der Waals surface area (Å²) in [5.74, 6) is 0.618. The van der Waals surface area contributed by atoms with Gasteiger partial charge in [-0.3, -0.25) is 0 Å². The Bertz CT molecular complexity index is 578. The fraction of sp³-hybridized carbons (Fsp3) is 0.250. The quantitative estimate of drug-likeness (QED) is 0.693. The molecule has 3 rings (SSSR count). The number of halogens is 3. The monoisotopic (exact) mass is 262 g/mol. The van der Waals surface area contributed by atoms with E-state index >= 15 is 0 Å². The van der Waals surface area contributed by atoms with Crippen molar-refractivity contribution in [2.45, 2.75) is 24.9 Å². The van der Waals surface area contributed by atoms with Gasteiger partial charge in [-0.05, 0) is 41.5 Å². The Balaban J connectivity index is 2.01. The minimum absolute atomic E-state index is 0.248. The van der Waals surface area contributed by atoms with Crippen LogP contribution in [0.5, 0.6) is 0 Å². The van der Waals surface area contributed by atoms with Gasteiger partial charge in [-0.25, -0.2) is 0 Å². The van der Waals surface area contributed by atoms with Crippen LogP contribution >= 0.6 is 0 Å². The predicted octanol–water partition coefficient (Wildman–Crippen LogP) is 5.25. The molecule has 0 radical (unpaired) electrons. The van der Waals surface area contributed by atoms with Gasteiger partial charge in [0, 0.05) is 0 Å². The summed E-state index contributed by atoms with van der Waals surface area (Å²) in [6, 6.07) is 13.2. The highest BCUT2D eigenvalue weighted by Gasteiger charge is 2.33. The maximum Gasteiger partial charge on any atom is 0.417 e. The van der Waals surface area contributed by atoms with Gasteiger partial charge < -0.3 is 0 Å². The summed E-state index contributed by atoms with van der Waals surface area (Å²) in [6.07, 6.45) is -1.93. The third-order valence-electron chi connectivity index (χ3n) is 3.50. The molecule has 0 unspecified atom stereocenters. The summed E-state index contributed by atoms with van der Waals surface area (Å²) in [6.45, 7) is 0. The molecule has 2 aromatic carbocycles. The topological polar surface area (TPSA) is 0 Å². The summed E-state index contributed by atoms with van der Waals surface area (Å²) in [7, 11) is 0. The Labute approximate surface area is 109 Å². The summed E-state index contributed by atoms with van der Waals surface area (Å²) in [5, 5.41) is 0. The van der Waals surface area contributed by atoms with Gasteiger partial charge in [0.1, 0.15) is 0 Å². The Hall–Kier alpha value is -1.77. The molecule has 0 amide bonds. The molecule has 1 saturated carbocycles. The molecule has 0 atom stereocenters. The first kappa shape index (κ1) is 12.3. The lowest BCUT2D eigenvalue weighted by molar-refractivity contribution is -0.137. The van der Waals surface area contributed by atoms with Crippen molar-refractivity contribution in [1.29, 1.82) is 0 Å². The first-order valence-corrected chi connectivity index (χ1v) is 6.32. The molecule has 1 fully saturated rings. The van der Waals surface area contributed by atoms with Gasteiger partial charge in [0.05, 0.1) is 5.56 Å². The number of hydrogen-bond donors (Lipinski definition) is 0.